The average Bonchev–Trinajstić information content (AvgIpc) is 2.88. The summed E-state index contributed by atoms with van der Waals surface area (Å²) in [5, 5.41) is 0. The van der Waals surface area contributed by atoms with Crippen LogP contribution in [0, 0.1) is 5.95 Å². The van der Waals surface area contributed by atoms with Crippen molar-refractivity contribution in [3.8, 4) is 0 Å². The van der Waals surface area contributed by atoms with E-state index in [1.54, 1.807) is 6.20 Å². The molecule has 1 aliphatic rings. The lowest BCUT2D eigenvalue weighted by Crippen LogP contribution is -2.02. The van der Waals surface area contributed by atoms with Gasteiger partial charge in [0.1, 0.15) is 0 Å². The molecule has 3 heteroatoms. The fraction of sp³-hybridized carbons (Fsp3) is 0.444. The monoisotopic (exact) mass is 166 g/mol. The first kappa shape index (κ1) is 7.68. The number of nitrogens with two attached hydrogens (primary N) is 1. The molecule has 2 rings (SSSR count). The number of hydrogen-bond donors (Lipinski definition) is 1. The molecule has 1 fully saturated rings. The Hall–Kier alpha value is -0.960. The lowest BCUT2D eigenvalue weighted by molar-refractivity contribution is 0.565. The van der Waals surface area contributed by atoms with Crippen LogP contribution in [0.5, 0.6) is 0 Å². The van der Waals surface area contributed by atoms with Gasteiger partial charge in [-0.25, -0.2) is 4.98 Å². The van der Waals surface area contributed by atoms with Gasteiger partial charge in [0.15, 0.2) is 0 Å². The minimum Gasteiger partial charge on any atom is -0.326 e. The maximum atomic E-state index is 12.9. The molecule has 0 amide bonds. The van der Waals surface area contributed by atoms with E-state index in [1.165, 1.54) is 12.8 Å². The highest BCUT2D eigenvalue weighted by Crippen LogP contribution is 2.39. The topological polar surface area (TPSA) is 38.9 Å². The van der Waals surface area contributed by atoms with E-state index in [0.717, 1.165) is 5.56 Å². The quantitative estimate of drug-likeness (QED) is 0.677. The van der Waals surface area contributed by atoms with Crippen LogP contribution in [0.1, 0.15) is 29.9 Å². The smallest absolute Gasteiger partial charge is 0.217 e. The van der Waals surface area contributed by atoms with E-state index in [-0.39, 0.29) is 6.54 Å². The lowest BCUT2D eigenvalue weighted by Gasteiger charge is -2.01. The lowest BCUT2D eigenvalue weighted by atomic mass is 10.1. The number of hydrogen-bond acceptors (Lipinski definition) is 2. The number of nitrogens with zero attached hydrogens (tertiary/aromatic N) is 1. The molecule has 0 atom stereocenters. The summed E-state index contributed by atoms with van der Waals surface area (Å²) >= 11 is 0. The summed E-state index contributed by atoms with van der Waals surface area (Å²) in [6.07, 6.45) is 4.03. The molecular formula is C9H11FN2. The van der Waals surface area contributed by atoms with Crippen molar-refractivity contribution in [2.24, 2.45) is 5.73 Å². The summed E-state index contributed by atoms with van der Waals surface area (Å²) in [5.41, 5.74) is 7.02. The average molecular weight is 166 g/mol. The second kappa shape index (κ2) is 2.83. The first-order valence-electron chi connectivity index (χ1n) is 4.15. The van der Waals surface area contributed by atoms with Crippen molar-refractivity contribution in [1.29, 1.82) is 0 Å². The standard InChI is InChI=1S/C9H11FN2/c10-9-7(4-11)3-8(5-12-9)6-1-2-6/h3,5-6H,1-2,4,11H2. The van der Waals surface area contributed by atoms with Crippen molar-refractivity contribution in [2.75, 3.05) is 0 Å². The maximum absolute atomic E-state index is 12.9. The summed E-state index contributed by atoms with van der Waals surface area (Å²) in [5.74, 6) is 0.185. The summed E-state index contributed by atoms with van der Waals surface area (Å²) in [7, 11) is 0. The molecule has 2 nitrogen and oxygen atoms in total. The fourth-order valence-electron chi connectivity index (χ4n) is 1.30. The molecule has 0 aromatic carbocycles. The zero-order valence-electron chi connectivity index (χ0n) is 6.76. The molecule has 0 spiro atoms. The molecule has 1 aromatic heterocycles. The van der Waals surface area contributed by atoms with Crippen molar-refractivity contribution in [2.45, 2.75) is 25.3 Å². The predicted octanol–water partition coefficient (Wildman–Crippen LogP) is 1.56. The van der Waals surface area contributed by atoms with Crippen LogP contribution in [0.15, 0.2) is 12.3 Å². The molecule has 12 heavy (non-hydrogen) atoms. The third-order valence-electron chi connectivity index (χ3n) is 2.20. The Balaban J connectivity index is 2.33. The van der Waals surface area contributed by atoms with Crippen LogP contribution in [0.2, 0.25) is 0 Å². The Kier molecular flexibility index (Phi) is 1.81. The highest BCUT2D eigenvalue weighted by Gasteiger charge is 2.24. The molecule has 0 saturated heterocycles. The molecule has 1 heterocycles. The van der Waals surface area contributed by atoms with Gasteiger partial charge >= 0.3 is 0 Å². The molecular weight excluding hydrogens is 155 g/mol. The molecule has 0 radical (unpaired) electrons. The van der Waals surface area contributed by atoms with E-state index in [9.17, 15) is 4.39 Å². The van der Waals surface area contributed by atoms with Crippen LogP contribution in [-0.2, 0) is 6.54 Å². The van der Waals surface area contributed by atoms with Crippen LogP contribution in [-0.4, -0.2) is 4.98 Å². The minimum absolute atomic E-state index is 0.236. The van der Waals surface area contributed by atoms with Gasteiger partial charge in [0.25, 0.3) is 0 Å². The van der Waals surface area contributed by atoms with Gasteiger partial charge in [0.05, 0.1) is 0 Å². The van der Waals surface area contributed by atoms with E-state index in [0.29, 0.717) is 11.5 Å². The SMILES string of the molecule is NCc1cc(C2CC2)cnc1F. The van der Waals surface area contributed by atoms with Gasteiger partial charge in [-0.3, -0.25) is 0 Å². The van der Waals surface area contributed by atoms with Crippen molar-refractivity contribution < 1.29 is 4.39 Å². The Bertz CT molecular complexity index is 295. The van der Waals surface area contributed by atoms with Gasteiger partial charge in [-0.15, -0.1) is 0 Å². The van der Waals surface area contributed by atoms with Gasteiger partial charge < -0.3 is 5.73 Å². The van der Waals surface area contributed by atoms with Crippen LogP contribution in [0.3, 0.4) is 0 Å². The van der Waals surface area contributed by atoms with E-state index in [1.807, 2.05) is 6.07 Å². The molecule has 2 N–H and O–H groups in total. The van der Waals surface area contributed by atoms with Crippen LogP contribution in [0.4, 0.5) is 4.39 Å². The van der Waals surface area contributed by atoms with Crippen LogP contribution in [0.25, 0.3) is 0 Å². The maximum Gasteiger partial charge on any atom is 0.217 e. The van der Waals surface area contributed by atoms with E-state index < -0.39 is 5.95 Å². The van der Waals surface area contributed by atoms with Gasteiger partial charge in [0.2, 0.25) is 5.95 Å². The zero-order chi connectivity index (χ0) is 8.55. The summed E-state index contributed by atoms with van der Waals surface area (Å²) in [6.45, 7) is 0.236. The highest BCUT2D eigenvalue weighted by atomic mass is 19.1. The fourth-order valence-corrected chi connectivity index (χ4v) is 1.30. The van der Waals surface area contributed by atoms with Crippen molar-refractivity contribution >= 4 is 0 Å². The van der Waals surface area contributed by atoms with E-state index in [4.69, 9.17) is 5.73 Å². The van der Waals surface area contributed by atoms with Gasteiger partial charge in [-0.05, 0) is 30.4 Å². The van der Waals surface area contributed by atoms with Gasteiger partial charge in [-0.2, -0.15) is 4.39 Å². The van der Waals surface area contributed by atoms with Crippen LogP contribution < -0.4 is 5.73 Å². The molecule has 64 valence electrons. The van der Waals surface area contributed by atoms with E-state index >= 15 is 0 Å². The first-order valence-corrected chi connectivity index (χ1v) is 4.15. The molecule has 0 aliphatic heterocycles. The zero-order valence-corrected chi connectivity index (χ0v) is 6.76. The Morgan fingerprint density at radius 2 is 2.33 bits per heavy atom. The molecule has 1 aliphatic carbocycles. The largest absolute Gasteiger partial charge is 0.326 e. The number of halogens is 1. The highest BCUT2D eigenvalue weighted by molar-refractivity contribution is 5.25. The molecule has 0 bridgehead atoms. The van der Waals surface area contributed by atoms with E-state index in [2.05, 4.69) is 4.98 Å². The van der Waals surface area contributed by atoms with Crippen molar-refractivity contribution in [3.63, 3.8) is 0 Å². The molecule has 1 aromatic rings. The second-order valence-electron chi connectivity index (χ2n) is 3.20. The summed E-state index contributed by atoms with van der Waals surface area (Å²) < 4.78 is 12.9. The Labute approximate surface area is 70.6 Å². The van der Waals surface area contributed by atoms with Crippen LogP contribution >= 0.6 is 0 Å². The van der Waals surface area contributed by atoms with Gasteiger partial charge in [0, 0.05) is 18.3 Å². The minimum atomic E-state index is -0.429. The third kappa shape index (κ3) is 1.32. The third-order valence-corrected chi connectivity index (χ3v) is 2.20. The van der Waals surface area contributed by atoms with Crippen molar-refractivity contribution in [3.05, 3.63) is 29.3 Å². The summed E-state index contributed by atoms with van der Waals surface area (Å²) in [6, 6.07) is 1.83. The number of rotatable bonds is 2. The predicted molar refractivity (Wildman–Crippen MR) is 44.1 cm³/mol. The normalized spacial score (nSPS) is 16.5. The summed E-state index contributed by atoms with van der Waals surface area (Å²) in [4.78, 5) is 3.66. The van der Waals surface area contributed by atoms with Crippen molar-refractivity contribution in [1.82, 2.24) is 4.98 Å². The molecule has 1 saturated carbocycles. The number of aromatic nitrogens is 1. The van der Waals surface area contributed by atoms with Gasteiger partial charge in [-0.1, -0.05) is 0 Å². The molecule has 0 unspecified atom stereocenters. The number of pyridine rings is 1. The second-order valence-corrected chi connectivity index (χ2v) is 3.20. The Morgan fingerprint density at radius 3 is 2.92 bits per heavy atom. The first-order chi connectivity index (χ1) is 5.81. The Morgan fingerprint density at radius 1 is 1.58 bits per heavy atom.